The Bertz CT molecular complexity index is 1820. The third kappa shape index (κ3) is 6.54. The number of fused-ring (bicyclic) bond motifs is 2. The smallest absolute Gasteiger partial charge is 0.0502 e. The van der Waals surface area contributed by atoms with Crippen LogP contribution in [0.2, 0.25) is 0 Å². The van der Waals surface area contributed by atoms with Gasteiger partial charge in [0.05, 0.1) is 11.4 Å². The second kappa shape index (κ2) is 15.1. The van der Waals surface area contributed by atoms with Crippen molar-refractivity contribution in [2.24, 2.45) is 0 Å². The fourth-order valence-corrected chi connectivity index (χ4v) is 7.91. The number of terminal acetylenes is 1. The van der Waals surface area contributed by atoms with E-state index in [-0.39, 0.29) is 10.8 Å². The maximum absolute atomic E-state index is 4.00. The summed E-state index contributed by atoms with van der Waals surface area (Å²) in [5.41, 5.74) is 16.6. The Labute approximate surface area is 301 Å². The van der Waals surface area contributed by atoms with Crippen molar-refractivity contribution in [3.8, 4) is 12.8 Å². The normalized spacial score (nSPS) is 17.3. The highest BCUT2D eigenvalue weighted by molar-refractivity contribution is 5.80. The molecular weight excluding hydrogens is 605 g/mol. The number of allylic oxidation sites excluding steroid dienone is 6. The summed E-state index contributed by atoms with van der Waals surface area (Å²) in [5, 5.41) is 0. The second-order valence-electron chi connectivity index (χ2n) is 14.2. The van der Waals surface area contributed by atoms with Crippen LogP contribution in [0.4, 0.5) is 22.7 Å². The van der Waals surface area contributed by atoms with E-state index in [2.05, 4.69) is 199 Å². The summed E-state index contributed by atoms with van der Waals surface area (Å²) in [6.07, 6.45) is 21.8. The molecule has 50 heavy (non-hydrogen) atoms. The van der Waals surface area contributed by atoms with Gasteiger partial charge >= 0.3 is 0 Å². The molecule has 2 heterocycles. The van der Waals surface area contributed by atoms with Gasteiger partial charge in [-0.2, -0.15) is 0 Å². The Hall–Kier alpha value is -5.26. The summed E-state index contributed by atoms with van der Waals surface area (Å²) in [6, 6.07) is 35.4. The molecule has 4 aromatic rings. The number of para-hydroxylation sites is 2. The van der Waals surface area contributed by atoms with Crippen molar-refractivity contribution in [3.63, 3.8) is 0 Å². The largest absolute Gasteiger partial charge is 0.310 e. The van der Waals surface area contributed by atoms with Gasteiger partial charge in [-0.1, -0.05) is 112 Å². The van der Waals surface area contributed by atoms with Crippen molar-refractivity contribution in [2.45, 2.75) is 78.1 Å². The van der Waals surface area contributed by atoms with Gasteiger partial charge in [0.1, 0.15) is 0 Å². The van der Waals surface area contributed by atoms with E-state index in [1.165, 1.54) is 56.4 Å². The Morgan fingerprint density at radius 1 is 0.520 bits per heavy atom. The number of rotatable bonds is 2. The number of hydrogen-bond donors (Lipinski definition) is 0. The van der Waals surface area contributed by atoms with E-state index in [4.69, 9.17) is 0 Å². The summed E-state index contributed by atoms with van der Waals surface area (Å²) in [6.45, 7) is 19.8. The number of benzene rings is 4. The minimum atomic E-state index is 0.0951. The van der Waals surface area contributed by atoms with Gasteiger partial charge < -0.3 is 9.80 Å². The molecule has 0 spiro atoms. The second-order valence-corrected chi connectivity index (χ2v) is 14.2. The molecular formula is C48H52N2. The summed E-state index contributed by atoms with van der Waals surface area (Å²) in [5.74, 6) is 0. The van der Waals surface area contributed by atoms with Gasteiger partial charge in [0.25, 0.3) is 0 Å². The van der Waals surface area contributed by atoms with Crippen molar-refractivity contribution >= 4 is 22.7 Å². The van der Waals surface area contributed by atoms with Crippen LogP contribution in [0, 0.1) is 26.7 Å². The molecule has 254 valence electrons. The third-order valence-corrected chi connectivity index (χ3v) is 10.5. The topological polar surface area (TPSA) is 6.48 Å². The Morgan fingerprint density at radius 2 is 0.860 bits per heavy atom. The maximum Gasteiger partial charge on any atom is 0.0502 e. The van der Waals surface area contributed by atoms with Crippen LogP contribution in [0.25, 0.3) is 0 Å². The lowest BCUT2D eigenvalue weighted by atomic mass is 9.70. The molecule has 0 radical (unpaired) electrons. The monoisotopic (exact) mass is 656 g/mol. The molecule has 0 saturated heterocycles. The van der Waals surface area contributed by atoms with Crippen LogP contribution in [0.5, 0.6) is 0 Å². The first-order chi connectivity index (χ1) is 24.2. The predicted molar refractivity (Wildman–Crippen MR) is 218 cm³/mol. The summed E-state index contributed by atoms with van der Waals surface area (Å²) < 4.78 is 0. The van der Waals surface area contributed by atoms with Crippen molar-refractivity contribution < 1.29 is 0 Å². The van der Waals surface area contributed by atoms with Gasteiger partial charge in [0.2, 0.25) is 0 Å². The van der Waals surface area contributed by atoms with Gasteiger partial charge in [0.15, 0.2) is 0 Å². The van der Waals surface area contributed by atoms with Crippen LogP contribution in [-0.4, -0.2) is 0 Å². The number of anilines is 4. The third-order valence-electron chi connectivity index (χ3n) is 10.5. The van der Waals surface area contributed by atoms with E-state index in [1.54, 1.807) is 11.1 Å². The molecule has 4 aliphatic rings. The maximum atomic E-state index is 4.00. The highest BCUT2D eigenvalue weighted by atomic mass is 15.2. The molecule has 0 aromatic heterocycles. The predicted octanol–water partition coefficient (Wildman–Crippen LogP) is 13.1. The molecule has 2 heteroatoms. The molecule has 0 saturated carbocycles. The lowest BCUT2D eigenvalue weighted by Crippen LogP contribution is -2.34. The van der Waals surface area contributed by atoms with Crippen LogP contribution in [0.1, 0.15) is 75.6 Å². The number of aryl methyl sites for hydroxylation is 2. The molecule has 2 nitrogen and oxygen atoms in total. The number of nitrogens with zero attached hydrogens (tertiary/aromatic N) is 2. The highest BCUT2D eigenvalue weighted by Crippen LogP contribution is 2.52. The average molecular weight is 657 g/mol. The van der Waals surface area contributed by atoms with E-state index in [0.29, 0.717) is 0 Å². The molecule has 0 fully saturated rings. The Morgan fingerprint density at radius 3 is 1.22 bits per heavy atom. The number of hydrogen-bond acceptors (Lipinski definition) is 2. The first-order valence-electron chi connectivity index (χ1n) is 17.7. The molecule has 2 aliphatic carbocycles. The summed E-state index contributed by atoms with van der Waals surface area (Å²) in [7, 11) is 0. The molecule has 0 unspecified atom stereocenters. The van der Waals surface area contributed by atoms with E-state index in [1.807, 2.05) is 0 Å². The summed E-state index contributed by atoms with van der Waals surface area (Å²) >= 11 is 0. The van der Waals surface area contributed by atoms with E-state index >= 15 is 0 Å². The zero-order chi connectivity index (χ0) is 36.1. The van der Waals surface area contributed by atoms with E-state index in [9.17, 15) is 0 Å². The van der Waals surface area contributed by atoms with Crippen LogP contribution in [0.3, 0.4) is 0 Å². The molecule has 0 bridgehead atoms. The van der Waals surface area contributed by atoms with Gasteiger partial charge in [-0.15, -0.1) is 26.0 Å². The van der Waals surface area contributed by atoms with Gasteiger partial charge in [-0.3, -0.25) is 0 Å². The zero-order valence-corrected chi connectivity index (χ0v) is 30.8. The van der Waals surface area contributed by atoms with E-state index < -0.39 is 0 Å². The minimum absolute atomic E-state index is 0.0951. The lowest BCUT2D eigenvalue weighted by Gasteiger charge is -2.44. The van der Waals surface area contributed by atoms with Crippen LogP contribution >= 0.6 is 0 Å². The van der Waals surface area contributed by atoms with Crippen molar-refractivity contribution in [1.29, 1.82) is 0 Å². The Kier molecular flexibility index (Phi) is 10.9. The van der Waals surface area contributed by atoms with Crippen molar-refractivity contribution in [1.82, 2.24) is 0 Å². The van der Waals surface area contributed by atoms with Gasteiger partial charge in [0, 0.05) is 33.6 Å². The lowest BCUT2D eigenvalue weighted by molar-refractivity contribution is 0.570. The fourth-order valence-electron chi connectivity index (χ4n) is 7.91. The van der Waals surface area contributed by atoms with E-state index in [0.717, 1.165) is 25.7 Å². The molecule has 2 aliphatic heterocycles. The van der Waals surface area contributed by atoms with Gasteiger partial charge in [-0.05, 0) is 110 Å². The molecule has 4 aromatic carbocycles. The van der Waals surface area contributed by atoms with Crippen LogP contribution in [-0.2, 0) is 10.8 Å². The standard InChI is InChI=1S/2C22H23N.C2H4.C2H2/c2*1-16-12-14-17(15-13-16)23-20-10-6-4-8-18(20)22(2,3)19-9-5-7-11-21(19)23;2*1-2/h2*4,6-8,10-15H,5,9H2,1-3H3;1-2H2;1-2H. The molecule has 0 N–H and O–H groups in total. The van der Waals surface area contributed by atoms with Crippen molar-refractivity contribution in [3.05, 3.63) is 179 Å². The molecule has 8 rings (SSSR count). The first kappa shape index (κ1) is 36.0. The fraction of sp³-hybridized carbons (Fsp3) is 0.250. The van der Waals surface area contributed by atoms with Crippen LogP contribution in [0.15, 0.2) is 157 Å². The molecule has 0 atom stereocenters. The minimum Gasteiger partial charge on any atom is -0.310 e. The van der Waals surface area contributed by atoms with Crippen LogP contribution < -0.4 is 9.80 Å². The quantitative estimate of drug-likeness (QED) is 0.156. The zero-order valence-electron chi connectivity index (χ0n) is 30.8. The SMILES string of the molecule is C#C.C=C.Cc1ccc(N2C3=C(CCC=C3)C(C)(C)c3ccccc32)cc1.Cc1ccc(N2C3=C(CCC=C3)C(C)(C)c3ccccc32)cc1. The summed E-state index contributed by atoms with van der Waals surface area (Å²) in [4.78, 5) is 4.87. The molecule has 0 amide bonds. The Balaban J connectivity index is 0.000000177. The highest BCUT2D eigenvalue weighted by Gasteiger charge is 2.39. The van der Waals surface area contributed by atoms with Crippen molar-refractivity contribution in [2.75, 3.05) is 9.80 Å². The first-order valence-corrected chi connectivity index (χ1v) is 17.7. The van der Waals surface area contributed by atoms with Gasteiger partial charge in [-0.25, -0.2) is 0 Å². The average Bonchev–Trinajstić information content (AvgIpc) is 3.15.